The first kappa shape index (κ1) is 20.4. The van der Waals surface area contributed by atoms with E-state index in [9.17, 15) is 4.79 Å². The fourth-order valence-electron chi connectivity index (χ4n) is 3.14. The molecular weight excluding hydrogens is 336 g/mol. The minimum absolute atomic E-state index is 0.0872. The molecule has 0 saturated heterocycles. The normalized spacial score (nSPS) is 13.1. The zero-order valence-corrected chi connectivity index (χ0v) is 16.8. The third kappa shape index (κ3) is 5.03. The van der Waals surface area contributed by atoms with E-state index < -0.39 is 0 Å². The molecule has 1 aromatic carbocycles. The van der Waals surface area contributed by atoms with Crippen molar-refractivity contribution >= 4 is 11.6 Å². The van der Waals surface area contributed by atoms with E-state index in [2.05, 4.69) is 60.1 Å². The van der Waals surface area contributed by atoms with E-state index in [4.69, 9.17) is 0 Å². The topological polar surface area (TPSA) is 66.9 Å². The van der Waals surface area contributed by atoms with Crippen molar-refractivity contribution in [2.75, 3.05) is 6.54 Å². The maximum atomic E-state index is 11.5. The third-order valence-electron chi connectivity index (χ3n) is 4.18. The van der Waals surface area contributed by atoms with Crippen molar-refractivity contribution in [3.05, 3.63) is 65.1 Å². The van der Waals surface area contributed by atoms with Crippen LogP contribution in [0.3, 0.4) is 0 Å². The molecule has 0 spiro atoms. The molecule has 2 heterocycles. The quantitative estimate of drug-likeness (QED) is 0.858. The predicted molar refractivity (Wildman–Crippen MR) is 111 cm³/mol. The van der Waals surface area contributed by atoms with Gasteiger partial charge in [-0.3, -0.25) is 4.79 Å². The van der Waals surface area contributed by atoms with Gasteiger partial charge in [0.05, 0.1) is 11.4 Å². The first-order chi connectivity index (χ1) is 12.9. The largest absolute Gasteiger partial charge is 0.357 e. The maximum absolute atomic E-state index is 11.5. The second-order valence-corrected chi connectivity index (χ2v) is 6.35. The SMILES string of the molecule is C=C(NC1=CC(=O)NCC1)c1ccnc(-c2c(C)cc(C)cc2C)n1.CC. The van der Waals surface area contributed by atoms with Crippen LogP contribution < -0.4 is 10.6 Å². The van der Waals surface area contributed by atoms with Crippen LogP contribution in [0.5, 0.6) is 0 Å². The van der Waals surface area contributed by atoms with Gasteiger partial charge in [-0.15, -0.1) is 0 Å². The fraction of sp³-hybridized carbons (Fsp3) is 0.318. The highest BCUT2D eigenvalue weighted by molar-refractivity contribution is 5.89. The summed E-state index contributed by atoms with van der Waals surface area (Å²) in [4.78, 5) is 20.6. The molecule has 0 aliphatic carbocycles. The maximum Gasteiger partial charge on any atom is 0.245 e. The highest BCUT2D eigenvalue weighted by Gasteiger charge is 2.13. The second kappa shape index (κ2) is 9.12. The summed E-state index contributed by atoms with van der Waals surface area (Å²) in [7, 11) is 0. The number of aryl methyl sites for hydroxylation is 3. The summed E-state index contributed by atoms with van der Waals surface area (Å²) in [6.07, 6.45) is 4.05. The second-order valence-electron chi connectivity index (χ2n) is 6.35. The molecule has 2 N–H and O–H groups in total. The minimum Gasteiger partial charge on any atom is -0.357 e. The number of nitrogens with zero attached hydrogens (tertiary/aromatic N) is 2. The summed E-state index contributed by atoms with van der Waals surface area (Å²) in [5.74, 6) is 0.599. The average Bonchev–Trinajstić information content (AvgIpc) is 2.63. The molecule has 5 nitrogen and oxygen atoms in total. The van der Waals surface area contributed by atoms with Crippen molar-refractivity contribution in [2.45, 2.75) is 41.0 Å². The number of benzene rings is 1. The van der Waals surface area contributed by atoms with Crippen molar-refractivity contribution in [1.82, 2.24) is 20.6 Å². The Kier molecular flexibility index (Phi) is 6.88. The molecule has 0 fully saturated rings. The lowest BCUT2D eigenvalue weighted by Gasteiger charge is -2.17. The highest BCUT2D eigenvalue weighted by Crippen LogP contribution is 2.26. The lowest BCUT2D eigenvalue weighted by molar-refractivity contribution is -0.116. The Morgan fingerprint density at radius 1 is 1.19 bits per heavy atom. The summed E-state index contributed by atoms with van der Waals surface area (Å²) in [5, 5.41) is 5.96. The van der Waals surface area contributed by atoms with E-state index in [0.29, 0.717) is 18.1 Å². The number of aromatic nitrogens is 2. The molecule has 1 amide bonds. The van der Waals surface area contributed by atoms with Gasteiger partial charge in [0.15, 0.2) is 5.82 Å². The number of carbonyl (C=O) groups is 1. The Bertz CT molecular complexity index is 861. The average molecular weight is 364 g/mol. The van der Waals surface area contributed by atoms with Gasteiger partial charge >= 0.3 is 0 Å². The van der Waals surface area contributed by atoms with Gasteiger partial charge < -0.3 is 10.6 Å². The molecule has 0 bridgehead atoms. The van der Waals surface area contributed by atoms with E-state index in [1.165, 1.54) is 5.56 Å². The van der Waals surface area contributed by atoms with Crippen LogP contribution in [0.25, 0.3) is 17.1 Å². The molecule has 0 atom stereocenters. The van der Waals surface area contributed by atoms with Crippen molar-refractivity contribution in [3.8, 4) is 11.4 Å². The molecule has 142 valence electrons. The van der Waals surface area contributed by atoms with E-state index in [1.807, 2.05) is 19.9 Å². The fourth-order valence-corrected chi connectivity index (χ4v) is 3.14. The predicted octanol–water partition coefficient (Wildman–Crippen LogP) is 4.06. The summed E-state index contributed by atoms with van der Waals surface area (Å²) in [6, 6.07) is 6.09. The number of carbonyl (C=O) groups excluding carboxylic acids is 1. The van der Waals surface area contributed by atoms with Gasteiger partial charge in [-0.25, -0.2) is 9.97 Å². The first-order valence-electron chi connectivity index (χ1n) is 9.30. The molecule has 27 heavy (non-hydrogen) atoms. The molecule has 1 aromatic heterocycles. The number of hydrogen-bond donors (Lipinski definition) is 2. The van der Waals surface area contributed by atoms with Gasteiger partial charge in [0, 0.05) is 36.5 Å². The Hall–Kier alpha value is -2.95. The third-order valence-corrected chi connectivity index (χ3v) is 4.18. The van der Waals surface area contributed by atoms with Gasteiger partial charge in [0.2, 0.25) is 5.91 Å². The summed E-state index contributed by atoms with van der Waals surface area (Å²) >= 11 is 0. The highest BCUT2D eigenvalue weighted by atomic mass is 16.1. The first-order valence-corrected chi connectivity index (χ1v) is 9.30. The lowest BCUT2D eigenvalue weighted by atomic mass is 9.99. The molecular formula is C22H28N4O. The Labute approximate surface area is 161 Å². The summed E-state index contributed by atoms with van der Waals surface area (Å²) in [6.45, 7) is 14.9. The van der Waals surface area contributed by atoms with Crippen LogP contribution in [0.15, 0.2) is 42.7 Å². The summed E-state index contributed by atoms with van der Waals surface area (Å²) < 4.78 is 0. The molecule has 3 rings (SSSR count). The number of nitrogens with one attached hydrogen (secondary N) is 2. The number of amides is 1. The van der Waals surface area contributed by atoms with Gasteiger partial charge in [0.25, 0.3) is 0 Å². The molecule has 0 radical (unpaired) electrons. The van der Waals surface area contributed by atoms with Crippen LogP contribution in [0.2, 0.25) is 0 Å². The standard InChI is InChI=1S/C20H22N4O.C2H6/c1-12-9-13(2)19(14(3)10-12)20-22-8-6-17(24-20)15(4)23-16-5-7-21-18(25)11-16;1-2/h6,8-11,23H,4-5,7H2,1-3H3,(H,21,25);1-2H3. The Balaban J connectivity index is 0.00000126. The van der Waals surface area contributed by atoms with E-state index in [0.717, 1.165) is 34.5 Å². The smallest absolute Gasteiger partial charge is 0.245 e. The molecule has 0 saturated carbocycles. The van der Waals surface area contributed by atoms with Gasteiger partial charge in [-0.05, 0) is 38.0 Å². The zero-order chi connectivity index (χ0) is 20.0. The van der Waals surface area contributed by atoms with Crippen molar-refractivity contribution in [2.24, 2.45) is 0 Å². The van der Waals surface area contributed by atoms with Crippen molar-refractivity contribution in [1.29, 1.82) is 0 Å². The Morgan fingerprint density at radius 3 is 2.48 bits per heavy atom. The van der Waals surface area contributed by atoms with Gasteiger partial charge in [-0.1, -0.05) is 38.1 Å². The van der Waals surface area contributed by atoms with Gasteiger partial charge in [0.1, 0.15) is 0 Å². The van der Waals surface area contributed by atoms with Crippen LogP contribution in [0, 0.1) is 20.8 Å². The van der Waals surface area contributed by atoms with E-state index >= 15 is 0 Å². The van der Waals surface area contributed by atoms with E-state index in [-0.39, 0.29) is 5.91 Å². The van der Waals surface area contributed by atoms with Crippen LogP contribution in [-0.2, 0) is 4.79 Å². The molecule has 0 unspecified atom stereocenters. The van der Waals surface area contributed by atoms with Crippen molar-refractivity contribution in [3.63, 3.8) is 0 Å². The number of hydrogen-bond acceptors (Lipinski definition) is 4. The van der Waals surface area contributed by atoms with Gasteiger partial charge in [-0.2, -0.15) is 0 Å². The van der Waals surface area contributed by atoms with Crippen molar-refractivity contribution < 1.29 is 4.79 Å². The minimum atomic E-state index is -0.0872. The van der Waals surface area contributed by atoms with E-state index in [1.54, 1.807) is 12.3 Å². The van der Waals surface area contributed by atoms with Crippen LogP contribution in [-0.4, -0.2) is 22.4 Å². The molecule has 2 aromatic rings. The number of rotatable bonds is 4. The Morgan fingerprint density at radius 2 is 1.85 bits per heavy atom. The molecule has 1 aliphatic rings. The van der Waals surface area contributed by atoms with Crippen LogP contribution in [0.1, 0.15) is 42.7 Å². The monoisotopic (exact) mass is 364 g/mol. The molecule has 1 aliphatic heterocycles. The van der Waals surface area contributed by atoms with Crippen LogP contribution >= 0.6 is 0 Å². The zero-order valence-electron chi connectivity index (χ0n) is 16.8. The lowest BCUT2D eigenvalue weighted by Crippen LogP contribution is -2.30. The van der Waals surface area contributed by atoms with Crippen LogP contribution in [0.4, 0.5) is 0 Å². The summed E-state index contributed by atoms with van der Waals surface area (Å²) in [5.41, 5.74) is 6.81. The molecule has 5 heteroatoms.